The topological polar surface area (TPSA) is 39.2 Å². The van der Waals surface area contributed by atoms with Gasteiger partial charge in [-0.25, -0.2) is 0 Å². The van der Waals surface area contributed by atoms with Gasteiger partial charge in [-0.05, 0) is 23.3 Å². The van der Waals surface area contributed by atoms with E-state index in [4.69, 9.17) is 21.8 Å². The van der Waals surface area contributed by atoms with Crippen molar-refractivity contribution >= 4 is 11.6 Å². The Kier molecular flexibility index (Phi) is 2.57. The molecule has 2 rings (SSSR count). The van der Waals surface area contributed by atoms with Crippen LogP contribution in [-0.2, 0) is 6.54 Å². The molecule has 0 aliphatic carbocycles. The van der Waals surface area contributed by atoms with E-state index >= 15 is 0 Å². The molecule has 0 saturated carbocycles. The standard InChI is InChI=1S/C11H10ClNO/c12-11-5-8(1-2-9(11)6-13)10-3-4-14-7-10/h1-5,7H,6,13H2. The summed E-state index contributed by atoms with van der Waals surface area (Å²) in [6, 6.07) is 7.71. The van der Waals surface area contributed by atoms with E-state index in [0.29, 0.717) is 11.6 Å². The van der Waals surface area contributed by atoms with Crippen molar-refractivity contribution in [2.45, 2.75) is 6.54 Å². The number of hydrogen-bond acceptors (Lipinski definition) is 2. The molecule has 14 heavy (non-hydrogen) atoms. The maximum Gasteiger partial charge on any atom is 0.0980 e. The van der Waals surface area contributed by atoms with Crippen molar-refractivity contribution in [1.82, 2.24) is 0 Å². The highest BCUT2D eigenvalue weighted by molar-refractivity contribution is 6.31. The first-order valence-corrected chi connectivity index (χ1v) is 4.70. The first-order valence-electron chi connectivity index (χ1n) is 4.32. The summed E-state index contributed by atoms with van der Waals surface area (Å²) in [5, 5.41) is 0.700. The molecule has 2 N–H and O–H groups in total. The van der Waals surface area contributed by atoms with E-state index in [-0.39, 0.29) is 0 Å². The van der Waals surface area contributed by atoms with Crippen LogP contribution in [0.4, 0.5) is 0 Å². The third-order valence-corrected chi connectivity index (χ3v) is 2.48. The Morgan fingerprint density at radius 1 is 1.21 bits per heavy atom. The van der Waals surface area contributed by atoms with Gasteiger partial charge in [-0.1, -0.05) is 23.7 Å². The summed E-state index contributed by atoms with van der Waals surface area (Å²) < 4.78 is 5.00. The Balaban J connectivity index is 2.43. The highest BCUT2D eigenvalue weighted by Crippen LogP contribution is 2.25. The predicted molar refractivity (Wildman–Crippen MR) is 57.0 cm³/mol. The highest BCUT2D eigenvalue weighted by atomic mass is 35.5. The SMILES string of the molecule is NCc1ccc(-c2ccoc2)cc1Cl. The first kappa shape index (κ1) is 9.31. The summed E-state index contributed by atoms with van der Waals surface area (Å²) in [6.45, 7) is 0.463. The molecule has 1 aromatic heterocycles. The van der Waals surface area contributed by atoms with Crippen molar-refractivity contribution in [3.05, 3.63) is 47.4 Å². The molecule has 0 spiro atoms. The molecule has 0 atom stereocenters. The van der Waals surface area contributed by atoms with Crippen LogP contribution >= 0.6 is 11.6 Å². The number of hydrogen-bond donors (Lipinski definition) is 1. The lowest BCUT2D eigenvalue weighted by Crippen LogP contribution is -1.96. The molecular formula is C11H10ClNO. The Hall–Kier alpha value is -1.25. The zero-order valence-corrected chi connectivity index (χ0v) is 8.29. The van der Waals surface area contributed by atoms with E-state index in [0.717, 1.165) is 16.7 Å². The summed E-state index contributed by atoms with van der Waals surface area (Å²) in [7, 11) is 0. The van der Waals surface area contributed by atoms with Gasteiger partial charge in [0.15, 0.2) is 0 Å². The van der Waals surface area contributed by atoms with Crippen molar-refractivity contribution in [3.8, 4) is 11.1 Å². The number of rotatable bonds is 2. The zero-order chi connectivity index (χ0) is 9.97. The van der Waals surface area contributed by atoms with E-state index in [9.17, 15) is 0 Å². The largest absolute Gasteiger partial charge is 0.472 e. The Bertz CT molecular complexity index is 423. The third-order valence-electron chi connectivity index (χ3n) is 2.13. The van der Waals surface area contributed by atoms with E-state index in [1.807, 2.05) is 24.3 Å². The molecule has 0 radical (unpaired) electrons. The van der Waals surface area contributed by atoms with Crippen LogP contribution in [0.2, 0.25) is 5.02 Å². The average Bonchev–Trinajstić information content (AvgIpc) is 2.70. The monoisotopic (exact) mass is 207 g/mol. The molecule has 0 aliphatic rings. The lowest BCUT2D eigenvalue weighted by Gasteiger charge is -2.03. The van der Waals surface area contributed by atoms with Gasteiger partial charge >= 0.3 is 0 Å². The molecule has 72 valence electrons. The summed E-state index contributed by atoms with van der Waals surface area (Å²) in [6.07, 6.45) is 3.33. The number of halogens is 1. The molecule has 2 aromatic rings. The van der Waals surface area contributed by atoms with Gasteiger partial charge in [0.05, 0.1) is 12.5 Å². The van der Waals surface area contributed by atoms with Crippen LogP contribution < -0.4 is 5.73 Å². The second-order valence-corrected chi connectivity index (χ2v) is 3.43. The fraction of sp³-hybridized carbons (Fsp3) is 0.0909. The smallest absolute Gasteiger partial charge is 0.0980 e. The van der Waals surface area contributed by atoms with Gasteiger partial charge in [-0.3, -0.25) is 0 Å². The fourth-order valence-corrected chi connectivity index (χ4v) is 1.58. The quantitative estimate of drug-likeness (QED) is 0.822. The van der Waals surface area contributed by atoms with E-state index < -0.39 is 0 Å². The second-order valence-electron chi connectivity index (χ2n) is 3.02. The van der Waals surface area contributed by atoms with Gasteiger partial charge in [0.1, 0.15) is 0 Å². The molecule has 0 fully saturated rings. The van der Waals surface area contributed by atoms with Crippen molar-refractivity contribution < 1.29 is 4.42 Å². The van der Waals surface area contributed by atoms with Gasteiger partial charge < -0.3 is 10.2 Å². The van der Waals surface area contributed by atoms with Gasteiger partial charge in [-0.15, -0.1) is 0 Å². The van der Waals surface area contributed by atoms with Crippen molar-refractivity contribution in [3.63, 3.8) is 0 Å². The van der Waals surface area contributed by atoms with Gasteiger partial charge in [0.25, 0.3) is 0 Å². The fourth-order valence-electron chi connectivity index (χ4n) is 1.32. The Labute approximate surface area is 87.3 Å². The minimum absolute atomic E-state index is 0.463. The molecule has 2 nitrogen and oxygen atoms in total. The van der Waals surface area contributed by atoms with E-state index in [1.54, 1.807) is 12.5 Å². The number of nitrogens with two attached hydrogens (primary N) is 1. The molecule has 0 aliphatic heterocycles. The third kappa shape index (κ3) is 1.67. The summed E-state index contributed by atoms with van der Waals surface area (Å²) in [4.78, 5) is 0. The molecule has 0 bridgehead atoms. The van der Waals surface area contributed by atoms with Gasteiger partial charge in [0.2, 0.25) is 0 Å². The Morgan fingerprint density at radius 2 is 2.07 bits per heavy atom. The minimum Gasteiger partial charge on any atom is -0.472 e. The van der Waals surface area contributed by atoms with Crippen LogP contribution in [0, 0.1) is 0 Å². The van der Waals surface area contributed by atoms with Crippen molar-refractivity contribution in [2.75, 3.05) is 0 Å². The van der Waals surface area contributed by atoms with Crippen LogP contribution in [0.5, 0.6) is 0 Å². The number of furan rings is 1. The van der Waals surface area contributed by atoms with Crippen LogP contribution in [0.15, 0.2) is 41.2 Å². The van der Waals surface area contributed by atoms with E-state index in [1.165, 1.54) is 0 Å². The molecule has 0 amide bonds. The van der Waals surface area contributed by atoms with Crippen LogP contribution in [0.3, 0.4) is 0 Å². The summed E-state index contributed by atoms with van der Waals surface area (Å²) in [5.74, 6) is 0. The normalized spacial score (nSPS) is 10.4. The molecule has 3 heteroatoms. The minimum atomic E-state index is 0.463. The van der Waals surface area contributed by atoms with Crippen LogP contribution in [0.1, 0.15) is 5.56 Å². The zero-order valence-electron chi connectivity index (χ0n) is 7.53. The lowest BCUT2D eigenvalue weighted by atomic mass is 10.1. The summed E-state index contributed by atoms with van der Waals surface area (Å²) >= 11 is 6.04. The van der Waals surface area contributed by atoms with Gasteiger partial charge in [-0.2, -0.15) is 0 Å². The van der Waals surface area contributed by atoms with E-state index in [2.05, 4.69) is 0 Å². The Morgan fingerprint density at radius 3 is 2.64 bits per heavy atom. The molecule has 0 saturated heterocycles. The van der Waals surface area contributed by atoms with Crippen molar-refractivity contribution in [1.29, 1.82) is 0 Å². The first-order chi connectivity index (χ1) is 6.81. The molecule has 1 heterocycles. The maximum atomic E-state index is 6.04. The average molecular weight is 208 g/mol. The molecule has 1 aromatic carbocycles. The van der Waals surface area contributed by atoms with Crippen molar-refractivity contribution in [2.24, 2.45) is 5.73 Å². The summed E-state index contributed by atoms with van der Waals surface area (Å²) in [5.41, 5.74) is 8.54. The predicted octanol–water partition coefficient (Wildman–Crippen LogP) is 3.06. The molecular weight excluding hydrogens is 198 g/mol. The van der Waals surface area contributed by atoms with Crippen LogP contribution in [-0.4, -0.2) is 0 Å². The lowest BCUT2D eigenvalue weighted by molar-refractivity contribution is 0.568. The maximum absolute atomic E-state index is 6.04. The molecule has 0 unspecified atom stereocenters. The second kappa shape index (κ2) is 3.86. The van der Waals surface area contributed by atoms with Crippen LogP contribution in [0.25, 0.3) is 11.1 Å². The highest BCUT2D eigenvalue weighted by Gasteiger charge is 2.02. The number of benzene rings is 1. The van der Waals surface area contributed by atoms with Gasteiger partial charge in [0, 0.05) is 17.1 Å².